The van der Waals surface area contributed by atoms with E-state index in [0.717, 1.165) is 0 Å². The number of ether oxygens (including phenoxy) is 2. The van der Waals surface area contributed by atoms with Crippen molar-refractivity contribution in [3.8, 4) is 23.8 Å². The van der Waals surface area contributed by atoms with Gasteiger partial charge in [0, 0.05) is 12.1 Å². The summed E-state index contributed by atoms with van der Waals surface area (Å²) >= 11 is 0. The SMILES string of the molecule is C#CCOc1ccccc1OCC(O)c1cccc([N+](=O)[O-])c1. The average Bonchev–Trinajstić information content (AvgIpc) is 2.58. The molecule has 2 rings (SSSR count). The number of hydrogen-bond acceptors (Lipinski definition) is 5. The number of nitrogens with zero attached hydrogens (tertiary/aromatic N) is 1. The number of benzene rings is 2. The third-order valence-corrected chi connectivity index (χ3v) is 3.02. The van der Waals surface area contributed by atoms with Crippen LogP contribution in [0.4, 0.5) is 5.69 Å². The maximum Gasteiger partial charge on any atom is 0.269 e. The third kappa shape index (κ3) is 4.46. The number of nitro groups is 1. The third-order valence-electron chi connectivity index (χ3n) is 3.02. The summed E-state index contributed by atoms with van der Waals surface area (Å²) in [7, 11) is 0. The average molecular weight is 313 g/mol. The standard InChI is InChI=1S/C17H15NO5/c1-2-10-22-16-8-3-4-9-17(16)23-12-15(19)13-6-5-7-14(11-13)18(20)21/h1,3-9,11,15,19H,10,12H2. The highest BCUT2D eigenvalue weighted by atomic mass is 16.6. The van der Waals surface area contributed by atoms with Gasteiger partial charge in [-0.2, -0.15) is 0 Å². The van der Waals surface area contributed by atoms with E-state index < -0.39 is 11.0 Å². The fraction of sp³-hybridized carbons (Fsp3) is 0.176. The normalized spacial score (nSPS) is 11.3. The molecule has 0 aliphatic carbocycles. The van der Waals surface area contributed by atoms with E-state index in [4.69, 9.17) is 15.9 Å². The van der Waals surface area contributed by atoms with Crippen molar-refractivity contribution in [2.75, 3.05) is 13.2 Å². The van der Waals surface area contributed by atoms with Crippen molar-refractivity contribution in [3.05, 3.63) is 64.2 Å². The molecule has 6 heteroatoms. The van der Waals surface area contributed by atoms with Gasteiger partial charge < -0.3 is 14.6 Å². The summed E-state index contributed by atoms with van der Waals surface area (Å²) in [4.78, 5) is 10.2. The van der Waals surface area contributed by atoms with Crippen molar-refractivity contribution in [1.82, 2.24) is 0 Å². The molecule has 1 atom stereocenters. The Morgan fingerprint density at radius 2 is 1.87 bits per heavy atom. The van der Waals surface area contributed by atoms with Crippen LogP contribution < -0.4 is 9.47 Å². The van der Waals surface area contributed by atoms with Gasteiger partial charge in [0.2, 0.25) is 0 Å². The number of rotatable bonds is 7. The molecule has 0 saturated heterocycles. The summed E-state index contributed by atoms with van der Waals surface area (Å²) in [5.74, 6) is 3.27. The molecule has 0 aromatic heterocycles. The summed E-state index contributed by atoms with van der Waals surface area (Å²) in [6, 6.07) is 12.7. The summed E-state index contributed by atoms with van der Waals surface area (Å²) in [6.45, 7) is 0.0331. The highest BCUT2D eigenvalue weighted by Crippen LogP contribution is 2.28. The largest absolute Gasteiger partial charge is 0.487 e. The van der Waals surface area contributed by atoms with E-state index in [2.05, 4.69) is 5.92 Å². The highest BCUT2D eigenvalue weighted by molar-refractivity contribution is 5.40. The van der Waals surface area contributed by atoms with Crippen LogP contribution in [0.3, 0.4) is 0 Å². The van der Waals surface area contributed by atoms with Gasteiger partial charge in [-0.25, -0.2) is 0 Å². The fourth-order valence-electron chi connectivity index (χ4n) is 1.92. The van der Waals surface area contributed by atoms with E-state index in [-0.39, 0.29) is 18.9 Å². The molecule has 0 spiro atoms. The molecule has 0 radical (unpaired) electrons. The number of aliphatic hydroxyl groups is 1. The van der Waals surface area contributed by atoms with Crippen LogP contribution in [0.5, 0.6) is 11.5 Å². The molecule has 0 fully saturated rings. The monoisotopic (exact) mass is 313 g/mol. The van der Waals surface area contributed by atoms with E-state index >= 15 is 0 Å². The van der Waals surface area contributed by atoms with Gasteiger partial charge in [0.1, 0.15) is 19.3 Å². The molecule has 23 heavy (non-hydrogen) atoms. The van der Waals surface area contributed by atoms with Gasteiger partial charge in [0.25, 0.3) is 5.69 Å². The lowest BCUT2D eigenvalue weighted by molar-refractivity contribution is -0.385. The van der Waals surface area contributed by atoms with E-state index in [0.29, 0.717) is 17.1 Å². The van der Waals surface area contributed by atoms with Crippen molar-refractivity contribution in [2.45, 2.75) is 6.10 Å². The molecule has 1 unspecified atom stereocenters. The molecule has 2 aromatic carbocycles. The summed E-state index contributed by atoms with van der Waals surface area (Å²) in [5, 5.41) is 20.9. The van der Waals surface area contributed by atoms with Gasteiger partial charge in [-0.1, -0.05) is 30.2 Å². The number of para-hydroxylation sites is 2. The first-order valence-electron chi connectivity index (χ1n) is 6.82. The Labute approximate surface area is 133 Å². The Bertz CT molecular complexity index is 723. The summed E-state index contributed by atoms with van der Waals surface area (Å²) < 4.78 is 10.9. The first-order chi connectivity index (χ1) is 11.1. The fourth-order valence-corrected chi connectivity index (χ4v) is 1.92. The number of aliphatic hydroxyl groups excluding tert-OH is 1. The van der Waals surface area contributed by atoms with Crippen molar-refractivity contribution in [3.63, 3.8) is 0 Å². The minimum Gasteiger partial charge on any atom is -0.487 e. The summed E-state index contributed by atoms with van der Waals surface area (Å²) in [5.41, 5.74) is 0.320. The van der Waals surface area contributed by atoms with Crippen LogP contribution in [0.25, 0.3) is 0 Å². The first kappa shape index (κ1) is 16.3. The minimum atomic E-state index is -1.00. The predicted molar refractivity (Wildman–Crippen MR) is 84.3 cm³/mol. The molecule has 0 bridgehead atoms. The Hall–Kier alpha value is -3.04. The van der Waals surface area contributed by atoms with Gasteiger partial charge in [-0.3, -0.25) is 10.1 Å². The minimum absolute atomic E-state index is 0.0718. The van der Waals surface area contributed by atoms with Crippen LogP contribution in [0, 0.1) is 22.5 Å². The van der Waals surface area contributed by atoms with Gasteiger partial charge >= 0.3 is 0 Å². The van der Waals surface area contributed by atoms with E-state index in [9.17, 15) is 15.2 Å². The van der Waals surface area contributed by atoms with Gasteiger partial charge in [0.15, 0.2) is 11.5 Å². The topological polar surface area (TPSA) is 81.8 Å². The van der Waals surface area contributed by atoms with E-state index in [1.807, 2.05) is 0 Å². The van der Waals surface area contributed by atoms with Crippen LogP contribution in [-0.4, -0.2) is 23.2 Å². The molecule has 0 saturated carbocycles. The van der Waals surface area contributed by atoms with Crippen LogP contribution >= 0.6 is 0 Å². The lowest BCUT2D eigenvalue weighted by atomic mass is 10.1. The van der Waals surface area contributed by atoms with Crippen molar-refractivity contribution in [2.24, 2.45) is 0 Å². The second kappa shape index (κ2) is 7.82. The molecular weight excluding hydrogens is 298 g/mol. The second-order valence-corrected chi connectivity index (χ2v) is 4.62. The number of non-ortho nitro benzene ring substituents is 1. The zero-order chi connectivity index (χ0) is 16.7. The molecule has 2 aromatic rings. The molecule has 0 heterocycles. The predicted octanol–water partition coefficient (Wildman–Crippen LogP) is 2.72. The molecule has 1 N–H and O–H groups in total. The molecular formula is C17H15NO5. The zero-order valence-corrected chi connectivity index (χ0v) is 12.2. The number of hydrogen-bond donors (Lipinski definition) is 1. The quantitative estimate of drug-likeness (QED) is 0.483. The Morgan fingerprint density at radius 1 is 1.17 bits per heavy atom. The Kier molecular flexibility index (Phi) is 5.56. The van der Waals surface area contributed by atoms with Crippen LogP contribution in [0.15, 0.2) is 48.5 Å². The molecule has 118 valence electrons. The van der Waals surface area contributed by atoms with E-state index in [1.165, 1.54) is 18.2 Å². The van der Waals surface area contributed by atoms with E-state index in [1.54, 1.807) is 30.3 Å². The Morgan fingerprint density at radius 3 is 2.52 bits per heavy atom. The molecule has 0 aliphatic rings. The molecule has 0 amide bonds. The van der Waals surface area contributed by atoms with Gasteiger partial charge in [-0.05, 0) is 17.7 Å². The van der Waals surface area contributed by atoms with Crippen LogP contribution in [-0.2, 0) is 0 Å². The number of terminal acetylenes is 1. The van der Waals surface area contributed by atoms with Gasteiger partial charge in [-0.15, -0.1) is 6.42 Å². The zero-order valence-electron chi connectivity index (χ0n) is 12.2. The lowest BCUT2D eigenvalue weighted by Gasteiger charge is -2.15. The van der Waals surface area contributed by atoms with Crippen molar-refractivity contribution >= 4 is 5.69 Å². The van der Waals surface area contributed by atoms with Crippen LogP contribution in [0.2, 0.25) is 0 Å². The Balaban J connectivity index is 2.05. The highest BCUT2D eigenvalue weighted by Gasteiger charge is 2.14. The second-order valence-electron chi connectivity index (χ2n) is 4.62. The lowest BCUT2D eigenvalue weighted by Crippen LogP contribution is -2.10. The maximum absolute atomic E-state index is 10.8. The first-order valence-corrected chi connectivity index (χ1v) is 6.82. The van der Waals surface area contributed by atoms with Crippen LogP contribution in [0.1, 0.15) is 11.7 Å². The maximum atomic E-state index is 10.8. The molecule has 0 aliphatic heterocycles. The summed E-state index contributed by atoms with van der Waals surface area (Å²) in [6.07, 6.45) is 4.15. The van der Waals surface area contributed by atoms with Gasteiger partial charge in [0.05, 0.1) is 4.92 Å². The number of nitro benzene ring substituents is 1. The molecule has 6 nitrogen and oxygen atoms in total. The van der Waals surface area contributed by atoms with Crippen molar-refractivity contribution in [1.29, 1.82) is 0 Å². The smallest absolute Gasteiger partial charge is 0.269 e. The van der Waals surface area contributed by atoms with Crippen molar-refractivity contribution < 1.29 is 19.5 Å².